The number of aryl methyl sites for hydroxylation is 1. The smallest absolute Gasteiger partial charge is 0.338 e. The van der Waals surface area contributed by atoms with Crippen LogP contribution < -0.4 is 5.56 Å². The van der Waals surface area contributed by atoms with E-state index in [-0.39, 0.29) is 23.6 Å². The minimum absolute atomic E-state index is 0.187. The first kappa shape index (κ1) is 17.3. The molecule has 0 radical (unpaired) electrons. The van der Waals surface area contributed by atoms with Crippen LogP contribution in [0.2, 0.25) is 0 Å². The van der Waals surface area contributed by atoms with Crippen LogP contribution in [0.15, 0.2) is 47.3 Å². The Morgan fingerprint density at radius 2 is 1.88 bits per heavy atom. The lowest BCUT2D eigenvalue weighted by Crippen LogP contribution is -2.15. The fourth-order valence-electron chi connectivity index (χ4n) is 2.51. The fraction of sp³-hybridized carbons (Fsp3) is 0.158. The van der Waals surface area contributed by atoms with Gasteiger partial charge in [0.2, 0.25) is 0 Å². The number of aromatic nitrogens is 2. The molecule has 132 valence electrons. The number of H-pyrrole nitrogens is 1. The highest BCUT2D eigenvalue weighted by Crippen LogP contribution is 2.13. The Kier molecular flexibility index (Phi) is 4.79. The number of nitrogens with one attached hydrogen (secondary N) is 1. The minimum atomic E-state index is -0.526. The van der Waals surface area contributed by atoms with Crippen LogP contribution in [-0.2, 0) is 16.1 Å². The highest BCUT2D eigenvalue weighted by atomic mass is 16.5. The molecule has 1 aromatic heterocycles. The number of methoxy groups -OCH3 is 1. The normalized spacial score (nSPS) is 10.5. The van der Waals surface area contributed by atoms with Gasteiger partial charge in [0, 0.05) is 0 Å². The van der Waals surface area contributed by atoms with Crippen molar-refractivity contribution in [3.8, 4) is 0 Å². The lowest BCUT2D eigenvalue weighted by Gasteiger charge is -2.07. The van der Waals surface area contributed by atoms with Crippen LogP contribution >= 0.6 is 0 Å². The monoisotopic (exact) mass is 352 g/mol. The van der Waals surface area contributed by atoms with Gasteiger partial charge in [0.05, 0.1) is 29.1 Å². The molecule has 1 N–H and O–H groups in total. The van der Waals surface area contributed by atoms with Crippen LogP contribution in [0.1, 0.15) is 32.1 Å². The number of carbonyl (C=O) groups excluding carboxylic acids is 2. The molecule has 0 amide bonds. The van der Waals surface area contributed by atoms with Crippen molar-refractivity contribution in [2.75, 3.05) is 7.11 Å². The van der Waals surface area contributed by atoms with Crippen molar-refractivity contribution in [1.29, 1.82) is 0 Å². The van der Waals surface area contributed by atoms with E-state index in [2.05, 4.69) is 14.7 Å². The third-order valence-electron chi connectivity index (χ3n) is 3.88. The van der Waals surface area contributed by atoms with Gasteiger partial charge in [-0.1, -0.05) is 18.2 Å². The van der Waals surface area contributed by atoms with Gasteiger partial charge in [-0.25, -0.2) is 14.6 Å². The number of benzene rings is 2. The van der Waals surface area contributed by atoms with Crippen molar-refractivity contribution in [2.45, 2.75) is 13.5 Å². The summed E-state index contributed by atoms with van der Waals surface area (Å²) in [5.41, 5.74) is 1.46. The molecule has 3 aromatic rings. The summed E-state index contributed by atoms with van der Waals surface area (Å²) >= 11 is 0. The van der Waals surface area contributed by atoms with E-state index in [0.29, 0.717) is 16.5 Å². The van der Waals surface area contributed by atoms with E-state index < -0.39 is 11.9 Å². The Balaban J connectivity index is 1.86. The van der Waals surface area contributed by atoms with Gasteiger partial charge in [-0.3, -0.25) is 4.79 Å². The molecule has 7 heteroatoms. The number of hydrogen-bond donors (Lipinski definition) is 1. The van der Waals surface area contributed by atoms with Gasteiger partial charge in [0.25, 0.3) is 5.56 Å². The number of rotatable bonds is 4. The van der Waals surface area contributed by atoms with Crippen molar-refractivity contribution < 1.29 is 19.1 Å². The van der Waals surface area contributed by atoms with Gasteiger partial charge in [-0.2, -0.15) is 0 Å². The number of hydrogen-bond acceptors (Lipinski definition) is 6. The van der Waals surface area contributed by atoms with Crippen molar-refractivity contribution >= 4 is 22.8 Å². The third-order valence-corrected chi connectivity index (χ3v) is 3.88. The Labute approximate surface area is 148 Å². The summed E-state index contributed by atoms with van der Waals surface area (Å²) in [6.07, 6.45) is 0. The molecule has 0 aliphatic heterocycles. The van der Waals surface area contributed by atoms with Crippen molar-refractivity contribution in [1.82, 2.24) is 9.97 Å². The first-order valence-electron chi connectivity index (χ1n) is 7.83. The Morgan fingerprint density at radius 3 is 2.62 bits per heavy atom. The number of carbonyl (C=O) groups is 2. The zero-order valence-electron chi connectivity index (χ0n) is 14.2. The second-order valence-corrected chi connectivity index (χ2v) is 5.63. The Hall–Kier alpha value is -3.48. The van der Waals surface area contributed by atoms with Gasteiger partial charge in [-0.05, 0) is 36.8 Å². The molecule has 0 saturated carbocycles. The van der Waals surface area contributed by atoms with Crippen molar-refractivity contribution in [3.63, 3.8) is 0 Å². The molecule has 0 unspecified atom stereocenters. The predicted molar refractivity (Wildman–Crippen MR) is 94.0 cm³/mol. The van der Waals surface area contributed by atoms with Crippen LogP contribution in [0.25, 0.3) is 10.9 Å². The van der Waals surface area contributed by atoms with Crippen LogP contribution in [0.3, 0.4) is 0 Å². The average Bonchev–Trinajstić information content (AvgIpc) is 2.65. The number of ether oxygens (including phenoxy) is 2. The quantitative estimate of drug-likeness (QED) is 0.724. The van der Waals surface area contributed by atoms with Crippen LogP contribution in [0.5, 0.6) is 0 Å². The summed E-state index contributed by atoms with van der Waals surface area (Å²) in [5, 5.41) is 0.326. The predicted octanol–water partition coefficient (Wildman–Crippen LogP) is 2.38. The maximum absolute atomic E-state index is 12.2. The highest BCUT2D eigenvalue weighted by molar-refractivity contribution is 5.94. The Morgan fingerprint density at radius 1 is 1.12 bits per heavy atom. The number of esters is 2. The van der Waals surface area contributed by atoms with E-state index in [1.807, 2.05) is 6.07 Å². The maximum atomic E-state index is 12.2. The van der Waals surface area contributed by atoms with E-state index in [4.69, 9.17) is 4.74 Å². The molecule has 3 rings (SSSR count). The summed E-state index contributed by atoms with van der Waals surface area (Å²) in [6.45, 7) is 1.61. The summed E-state index contributed by atoms with van der Waals surface area (Å²) < 4.78 is 9.90. The van der Waals surface area contributed by atoms with E-state index in [1.165, 1.54) is 25.3 Å². The first-order valence-corrected chi connectivity index (χ1v) is 7.83. The number of aromatic amines is 1. The van der Waals surface area contributed by atoms with E-state index in [0.717, 1.165) is 5.56 Å². The van der Waals surface area contributed by atoms with Crippen LogP contribution in [0, 0.1) is 6.92 Å². The summed E-state index contributed by atoms with van der Waals surface area (Å²) in [5.74, 6) is -0.845. The molecule has 0 atom stereocenters. The fourth-order valence-corrected chi connectivity index (χ4v) is 2.51. The molecule has 26 heavy (non-hydrogen) atoms. The number of fused-ring (bicyclic) bond motifs is 1. The topological polar surface area (TPSA) is 98.4 Å². The van der Waals surface area contributed by atoms with Gasteiger partial charge < -0.3 is 14.5 Å². The van der Waals surface area contributed by atoms with Crippen molar-refractivity contribution in [2.24, 2.45) is 0 Å². The largest absolute Gasteiger partial charge is 0.465 e. The van der Waals surface area contributed by atoms with Gasteiger partial charge in [0.15, 0.2) is 0 Å². The molecule has 2 aromatic carbocycles. The lowest BCUT2D eigenvalue weighted by molar-refractivity contribution is 0.0461. The summed E-state index contributed by atoms with van der Waals surface area (Å²) in [4.78, 5) is 42.8. The van der Waals surface area contributed by atoms with E-state index in [9.17, 15) is 14.4 Å². The zero-order valence-corrected chi connectivity index (χ0v) is 14.2. The Bertz CT molecular complexity index is 1060. The molecular formula is C19H16N2O5. The van der Waals surface area contributed by atoms with Crippen LogP contribution in [-0.4, -0.2) is 29.0 Å². The summed E-state index contributed by atoms with van der Waals surface area (Å²) in [6, 6.07) is 11.5. The second-order valence-electron chi connectivity index (χ2n) is 5.63. The van der Waals surface area contributed by atoms with E-state index in [1.54, 1.807) is 25.1 Å². The van der Waals surface area contributed by atoms with Gasteiger partial charge in [0.1, 0.15) is 12.4 Å². The van der Waals surface area contributed by atoms with Crippen molar-refractivity contribution in [3.05, 3.63) is 75.3 Å². The molecule has 0 saturated heterocycles. The number of nitrogens with zero attached hydrogens (tertiary/aromatic N) is 1. The molecule has 0 aliphatic rings. The SMILES string of the molecule is COC(=O)c1ccc2c(=O)[nH]c(COC(=O)c3ccccc3C)nc2c1. The van der Waals surface area contributed by atoms with Crippen LogP contribution in [0.4, 0.5) is 0 Å². The van der Waals surface area contributed by atoms with E-state index >= 15 is 0 Å². The average molecular weight is 352 g/mol. The zero-order chi connectivity index (χ0) is 18.7. The molecular weight excluding hydrogens is 336 g/mol. The lowest BCUT2D eigenvalue weighted by atomic mass is 10.1. The standard InChI is InChI=1S/C19H16N2O5/c1-11-5-3-4-6-13(11)19(24)26-10-16-20-15-9-12(18(23)25-2)7-8-14(15)17(22)21-16/h3-9H,10H2,1-2H3,(H,20,21,22). The molecule has 0 spiro atoms. The minimum Gasteiger partial charge on any atom is -0.465 e. The molecule has 0 aliphatic carbocycles. The van der Waals surface area contributed by atoms with Gasteiger partial charge >= 0.3 is 11.9 Å². The molecule has 7 nitrogen and oxygen atoms in total. The second kappa shape index (κ2) is 7.18. The highest BCUT2D eigenvalue weighted by Gasteiger charge is 2.13. The molecule has 0 bridgehead atoms. The first-order chi connectivity index (χ1) is 12.5. The summed E-state index contributed by atoms with van der Waals surface area (Å²) in [7, 11) is 1.27. The molecule has 0 fully saturated rings. The third kappa shape index (κ3) is 3.46. The molecule has 1 heterocycles. The maximum Gasteiger partial charge on any atom is 0.338 e. The van der Waals surface area contributed by atoms with Gasteiger partial charge in [-0.15, -0.1) is 0 Å².